The van der Waals surface area contributed by atoms with E-state index < -0.39 is 0 Å². The van der Waals surface area contributed by atoms with E-state index in [0.29, 0.717) is 25.2 Å². The maximum Gasteiger partial charge on any atom is 0.230 e. The highest BCUT2D eigenvalue weighted by Crippen LogP contribution is 2.18. The highest BCUT2D eigenvalue weighted by Gasteiger charge is 2.14. The molecule has 0 bridgehead atoms. The zero-order valence-corrected chi connectivity index (χ0v) is 14.9. The van der Waals surface area contributed by atoms with E-state index in [2.05, 4.69) is 60.6 Å². The van der Waals surface area contributed by atoms with Crippen molar-refractivity contribution in [3.63, 3.8) is 0 Å². The van der Waals surface area contributed by atoms with Gasteiger partial charge in [-0.25, -0.2) is 15.0 Å². The van der Waals surface area contributed by atoms with Gasteiger partial charge >= 0.3 is 0 Å². The minimum absolute atomic E-state index is 0.560. The fraction of sp³-hybridized carbons (Fsp3) is 0.263. The quantitative estimate of drug-likeness (QED) is 0.758. The van der Waals surface area contributed by atoms with E-state index in [-0.39, 0.29) is 0 Å². The van der Waals surface area contributed by atoms with Gasteiger partial charge in [0.1, 0.15) is 0 Å². The molecule has 0 saturated carbocycles. The molecule has 3 heterocycles. The summed E-state index contributed by atoms with van der Waals surface area (Å²) in [6, 6.07) is 12.2. The Morgan fingerprint density at radius 2 is 2.08 bits per heavy atom. The second kappa shape index (κ2) is 7.05. The Kier molecular flexibility index (Phi) is 4.45. The normalized spacial score (nSPS) is 14.8. The minimum atomic E-state index is 0.560. The van der Waals surface area contributed by atoms with Crippen LogP contribution in [0.1, 0.15) is 17.0 Å². The topological polar surface area (TPSA) is 78.3 Å². The van der Waals surface area contributed by atoms with E-state index >= 15 is 0 Å². The fourth-order valence-electron chi connectivity index (χ4n) is 2.93. The lowest BCUT2D eigenvalue weighted by Crippen LogP contribution is -2.45. The molecule has 0 unspecified atom stereocenters. The molecule has 2 N–H and O–H groups in total. The summed E-state index contributed by atoms with van der Waals surface area (Å²) in [7, 11) is 0. The van der Waals surface area contributed by atoms with Crippen LogP contribution in [0.4, 0.5) is 5.95 Å². The number of anilines is 1. The summed E-state index contributed by atoms with van der Waals surface area (Å²) < 4.78 is 0. The smallest absolute Gasteiger partial charge is 0.230 e. The highest BCUT2D eigenvalue weighted by atomic mass is 15.4. The first-order valence-corrected chi connectivity index (χ1v) is 8.60. The summed E-state index contributed by atoms with van der Waals surface area (Å²) in [6.07, 6.45) is 1.81. The Morgan fingerprint density at radius 1 is 1.15 bits per heavy atom. The lowest BCUT2D eigenvalue weighted by Gasteiger charge is -2.26. The molecule has 3 aromatic rings. The van der Waals surface area contributed by atoms with Gasteiger partial charge in [-0.15, -0.1) is 0 Å². The molecule has 0 aliphatic carbocycles. The first-order valence-electron chi connectivity index (χ1n) is 8.60. The number of benzene rings is 1. The zero-order valence-electron chi connectivity index (χ0n) is 14.9. The van der Waals surface area contributed by atoms with Crippen LogP contribution < -0.4 is 10.6 Å². The van der Waals surface area contributed by atoms with E-state index in [9.17, 15) is 0 Å². The molecule has 1 aliphatic rings. The zero-order chi connectivity index (χ0) is 17.9. The number of aryl methyl sites for hydroxylation is 2. The van der Waals surface area contributed by atoms with Crippen LogP contribution in [-0.4, -0.2) is 39.1 Å². The van der Waals surface area contributed by atoms with Crippen LogP contribution in [0.5, 0.6) is 0 Å². The van der Waals surface area contributed by atoms with Crippen molar-refractivity contribution < 1.29 is 0 Å². The summed E-state index contributed by atoms with van der Waals surface area (Å²) in [5, 5.41) is 7.54. The van der Waals surface area contributed by atoms with Crippen LogP contribution in [0.3, 0.4) is 0 Å². The average Bonchev–Trinajstić information content (AvgIpc) is 2.64. The van der Waals surface area contributed by atoms with Crippen molar-refractivity contribution in [2.24, 2.45) is 4.99 Å². The first-order chi connectivity index (χ1) is 12.7. The largest absolute Gasteiger partial charge is 0.343 e. The number of rotatable bonds is 3. The Balaban J connectivity index is 1.45. The third-order valence-electron chi connectivity index (χ3n) is 4.28. The van der Waals surface area contributed by atoms with Crippen molar-refractivity contribution in [3.05, 3.63) is 59.5 Å². The molecular formula is C19H21N7. The number of pyridine rings is 1. The molecule has 2 aromatic heterocycles. The second-order valence-electron chi connectivity index (χ2n) is 6.41. The first kappa shape index (κ1) is 16.4. The fourth-order valence-corrected chi connectivity index (χ4v) is 2.93. The van der Waals surface area contributed by atoms with Crippen molar-refractivity contribution in [3.8, 4) is 0 Å². The summed E-state index contributed by atoms with van der Waals surface area (Å²) in [5.41, 5.74) is 4.10. The van der Waals surface area contributed by atoms with Crippen LogP contribution in [-0.2, 0) is 6.54 Å². The molecule has 0 spiro atoms. The van der Waals surface area contributed by atoms with E-state index in [1.165, 1.54) is 5.56 Å². The Morgan fingerprint density at radius 3 is 2.85 bits per heavy atom. The standard InChI is InChI=1S/C19H21N7/c1-13-6-7-16-14(2)23-19(24-17(16)9-13)25-18-21-11-26(12-22-18)10-15-5-3-4-8-20-15/h3-9H,10-12H2,1-2H3,(H2,21,22,23,24,25). The molecule has 7 heteroatoms. The Bertz CT molecular complexity index is 953. The maximum atomic E-state index is 4.61. The van der Waals surface area contributed by atoms with Crippen LogP contribution in [0.25, 0.3) is 10.9 Å². The van der Waals surface area contributed by atoms with Gasteiger partial charge < -0.3 is 5.32 Å². The number of nitrogens with one attached hydrogen (secondary N) is 2. The maximum absolute atomic E-state index is 4.61. The van der Waals surface area contributed by atoms with Gasteiger partial charge in [0.2, 0.25) is 11.9 Å². The Hall–Kier alpha value is -3.06. The summed E-state index contributed by atoms with van der Waals surface area (Å²) >= 11 is 0. The van der Waals surface area contributed by atoms with Gasteiger partial charge in [-0.05, 0) is 37.6 Å². The number of guanidine groups is 1. The number of aliphatic imine (C=N–C) groups is 1. The monoisotopic (exact) mass is 347 g/mol. The van der Waals surface area contributed by atoms with Crippen LogP contribution in [0.15, 0.2) is 47.6 Å². The van der Waals surface area contributed by atoms with Gasteiger partial charge in [-0.1, -0.05) is 18.2 Å². The molecule has 26 heavy (non-hydrogen) atoms. The summed E-state index contributed by atoms with van der Waals surface area (Å²) in [4.78, 5) is 20.2. The van der Waals surface area contributed by atoms with Crippen molar-refractivity contribution in [1.29, 1.82) is 0 Å². The number of hydrogen-bond donors (Lipinski definition) is 2. The molecule has 0 radical (unpaired) electrons. The van der Waals surface area contributed by atoms with Crippen LogP contribution in [0.2, 0.25) is 0 Å². The number of aromatic nitrogens is 3. The second-order valence-corrected chi connectivity index (χ2v) is 6.41. The predicted octanol–water partition coefficient (Wildman–Crippen LogP) is 2.43. The van der Waals surface area contributed by atoms with Gasteiger partial charge in [-0.2, -0.15) is 0 Å². The van der Waals surface area contributed by atoms with Gasteiger partial charge in [0, 0.05) is 18.1 Å². The van der Waals surface area contributed by atoms with Crippen LogP contribution >= 0.6 is 0 Å². The molecule has 1 aromatic carbocycles. The van der Waals surface area contributed by atoms with Crippen molar-refractivity contribution in [2.45, 2.75) is 20.4 Å². The molecule has 1 aliphatic heterocycles. The summed E-state index contributed by atoms with van der Waals surface area (Å²) in [6.45, 7) is 6.10. The highest BCUT2D eigenvalue weighted by molar-refractivity contribution is 5.93. The van der Waals surface area contributed by atoms with E-state index in [1.807, 2.05) is 31.3 Å². The minimum Gasteiger partial charge on any atom is -0.343 e. The van der Waals surface area contributed by atoms with Crippen molar-refractivity contribution in [1.82, 2.24) is 25.2 Å². The van der Waals surface area contributed by atoms with Gasteiger partial charge in [0.25, 0.3) is 0 Å². The van der Waals surface area contributed by atoms with Gasteiger partial charge in [0.15, 0.2) is 0 Å². The third kappa shape index (κ3) is 3.62. The number of fused-ring (bicyclic) bond motifs is 1. The Labute approximate surface area is 152 Å². The van der Waals surface area contributed by atoms with Gasteiger partial charge in [-0.3, -0.25) is 15.2 Å². The lowest BCUT2D eigenvalue weighted by molar-refractivity contribution is 0.254. The third-order valence-corrected chi connectivity index (χ3v) is 4.28. The van der Waals surface area contributed by atoms with Gasteiger partial charge in [0.05, 0.1) is 30.2 Å². The lowest BCUT2D eigenvalue weighted by atomic mass is 10.1. The average molecular weight is 347 g/mol. The molecule has 0 fully saturated rings. The van der Waals surface area contributed by atoms with E-state index in [0.717, 1.165) is 28.8 Å². The SMILES string of the molecule is Cc1ccc2c(C)nc(NC3=NCN(Cc4ccccn4)CN3)nc2c1. The molecule has 7 nitrogen and oxygen atoms in total. The van der Waals surface area contributed by atoms with Crippen molar-refractivity contribution in [2.75, 3.05) is 18.7 Å². The molecular weight excluding hydrogens is 326 g/mol. The molecule has 4 rings (SSSR count). The van der Waals surface area contributed by atoms with Crippen molar-refractivity contribution >= 4 is 22.8 Å². The number of nitrogens with zero attached hydrogens (tertiary/aromatic N) is 5. The molecule has 0 saturated heterocycles. The molecule has 0 amide bonds. The summed E-state index contributed by atoms with van der Waals surface area (Å²) in [5.74, 6) is 1.25. The molecule has 132 valence electrons. The van der Waals surface area contributed by atoms with Crippen LogP contribution in [0, 0.1) is 13.8 Å². The van der Waals surface area contributed by atoms with E-state index in [1.54, 1.807) is 0 Å². The number of hydrogen-bond acceptors (Lipinski definition) is 7. The predicted molar refractivity (Wildman–Crippen MR) is 103 cm³/mol. The van der Waals surface area contributed by atoms with E-state index in [4.69, 9.17) is 0 Å². The molecule has 0 atom stereocenters.